The summed E-state index contributed by atoms with van der Waals surface area (Å²) in [4.78, 5) is 12.5. The first-order chi connectivity index (χ1) is 12.2. The summed E-state index contributed by atoms with van der Waals surface area (Å²) in [6.45, 7) is 6.39. The van der Waals surface area contributed by atoms with E-state index in [0.717, 1.165) is 30.3 Å². The average molecular weight is 356 g/mol. The molecule has 1 saturated heterocycles. The van der Waals surface area contributed by atoms with Crippen LogP contribution in [-0.4, -0.2) is 34.8 Å². The maximum Gasteiger partial charge on any atom is 0.258 e. The highest BCUT2D eigenvalue weighted by atomic mass is 32.1. The van der Waals surface area contributed by atoms with Crippen LogP contribution in [0.1, 0.15) is 36.6 Å². The third-order valence-electron chi connectivity index (χ3n) is 4.20. The summed E-state index contributed by atoms with van der Waals surface area (Å²) in [6.07, 6.45) is 1.88. The Morgan fingerprint density at radius 1 is 1.32 bits per heavy atom. The summed E-state index contributed by atoms with van der Waals surface area (Å²) in [6, 6.07) is 8.09. The van der Waals surface area contributed by atoms with Crippen LogP contribution in [0.2, 0.25) is 0 Å². The van der Waals surface area contributed by atoms with Gasteiger partial charge in [-0.25, -0.2) is 4.98 Å². The van der Waals surface area contributed by atoms with Gasteiger partial charge in [-0.05, 0) is 23.6 Å². The van der Waals surface area contributed by atoms with E-state index in [9.17, 15) is 0 Å². The Morgan fingerprint density at radius 2 is 2.24 bits per heavy atom. The standard InChI is InChI=1S/C18H20N4O2S/c1-12(2)17-20-18(24-21-17)13-5-6-19-16(10-13)22-7-8-23-14(11-22)15-4-3-9-25-15/h3-6,9-10,12,14H,7-8,11H2,1-2H3. The molecule has 0 saturated carbocycles. The summed E-state index contributed by atoms with van der Waals surface area (Å²) in [5.74, 6) is 2.41. The molecule has 1 fully saturated rings. The fourth-order valence-corrected chi connectivity index (χ4v) is 3.58. The molecule has 7 heteroatoms. The van der Waals surface area contributed by atoms with E-state index in [-0.39, 0.29) is 12.0 Å². The number of anilines is 1. The zero-order valence-corrected chi connectivity index (χ0v) is 15.1. The lowest BCUT2D eigenvalue weighted by atomic mass is 10.2. The predicted octanol–water partition coefficient (Wildman–Crippen LogP) is 3.89. The number of thiophene rings is 1. The topological polar surface area (TPSA) is 64.3 Å². The fourth-order valence-electron chi connectivity index (χ4n) is 2.81. The lowest BCUT2D eigenvalue weighted by Crippen LogP contribution is -2.38. The van der Waals surface area contributed by atoms with Crippen LogP contribution < -0.4 is 4.90 Å². The van der Waals surface area contributed by atoms with Crippen LogP contribution in [0.4, 0.5) is 5.82 Å². The largest absolute Gasteiger partial charge is 0.369 e. The molecular formula is C18H20N4O2S. The Bertz CT molecular complexity index is 831. The fraction of sp³-hybridized carbons (Fsp3) is 0.389. The molecule has 4 heterocycles. The van der Waals surface area contributed by atoms with Gasteiger partial charge in [-0.2, -0.15) is 4.98 Å². The minimum atomic E-state index is 0.0927. The normalized spacial score (nSPS) is 18.0. The minimum Gasteiger partial charge on any atom is -0.369 e. The van der Waals surface area contributed by atoms with Crippen molar-refractivity contribution < 1.29 is 9.26 Å². The van der Waals surface area contributed by atoms with Crippen molar-refractivity contribution in [2.24, 2.45) is 0 Å². The number of hydrogen-bond acceptors (Lipinski definition) is 7. The van der Waals surface area contributed by atoms with Crippen molar-refractivity contribution >= 4 is 17.2 Å². The molecule has 0 bridgehead atoms. The van der Waals surface area contributed by atoms with E-state index in [4.69, 9.17) is 9.26 Å². The Morgan fingerprint density at radius 3 is 3.00 bits per heavy atom. The van der Waals surface area contributed by atoms with Crippen molar-refractivity contribution in [3.05, 3.63) is 46.5 Å². The first-order valence-electron chi connectivity index (χ1n) is 8.40. The highest BCUT2D eigenvalue weighted by Crippen LogP contribution is 2.29. The first kappa shape index (κ1) is 16.2. The molecule has 3 aromatic rings. The number of morpholine rings is 1. The second kappa shape index (κ2) is 6.93. The highest BCUT2D eigenvalue weighted by Gasteiger charge is 2.24. The number of ether oxygens (including phenoxy) is 1. The molecule has 0 amide bonds. The Kier molecular flexibility index (Phi) is 4.50. The summed E-state index contributed by atoms with van der Waals surface area (Å²) in [5.41, 5.74) is 0.892. The molecule has 4 rings (SSSR count). The lowest BCUT2D eigenvalue weighted by molar-refractivity contribution is 0.0418. The number of nitrogens with zero attached hydrogens (tertiary/aromatic N) is 4. The molecule has 130 valence electrons. The number of aromatic nitrogens is 3. The molecule has 3 aromatic heterocycles. The van der Waals surface area contributed by atoms with E-state index < -0.39 is 0 Å². The Balaban J connectivity index is 1.56. The van der Waals surface area contributed by atoms with E-state index >= 15 is 0 Å². The number of rotatable bonds is 4. The summed E-state index contributed by atoms with van der Waals surface area (Å²) < 4.78 is 11.3. The quantitative estimate of drug-likeness (QED) is 0.706. The Labute approximate surface area is 150 Å². The lowest BCUT2D eigenvalue weighted by Gasteiger charge is -2.33. The van der Waals surface area contributed by atoms with Gasteiger partial charge in [-0.15, -0.1) is 11.3 Å². The van der Waals surface area contributed by atoms with Crippen LogP contribution in [0, 0.1) is 0 Å². The predicted molar refractivity (Wildman–Crippen MR) is 96.8 cm³/mol. The van der Waals surface area contributed by atoms with E-state index in [1.165, 1.54) is 4.88 Å². The SMILES string of the molecule is CC(C)c1noc(-c2ccnc(N3CCOC(c4cccs4)C3)c2)n1. The number of hydrogen-bond donors (Lipinski definition) is 0. The van der Waals surface area contributed by atoms with Crippen molar-refractivity contribution in [3.63, 3.8) is 0 Å². The van der Waals surface area contributed by atoms with Gasteiger partial charge >= 0.3 is 0 Å². The zero-order chi connectivity index (χ0) is 17.2. The van der Waals surface area contributed by atoms with Crippen LogP contribution in [0.3, 0.4) is 0 Å². The van der Waals surface area contributed by atoms with Crippen molar-refractivity contribution in [1.82, 2.24) is 15.1 Å². The second-order valence-electron chi connectivity index (χ2n) is 6.34. The number of pyridine rings is 1. The van der Waals surface area contributed by atoms with E-state index in [0.29, 0.717) is 12.5 Å². The van der Waals surface area contributed by atoms with Gasteiger partial charge in [0.1, 0.15) is 11.9 Å². The van der Waals surface area contributed by atoms with Gasteiger partial charge in [-0.3, -0.25) is 0 Å². The third-order valence-corrected chi connectivity index (χ3v) is 5.17. The van der Waals surface area contributed by atoms with Crippen molar-refractivity contribution in [2.75, 3.05) is 24.6 Å². The van der Waals surface area contributed by atoms with Crippen LogP contribution in [0.5, 0.6) is 0 Å². The third kappa shape index (κ3) is 3.43. The van der Waals surface area contributed by atoms with Gasteiger partial charge < -0.3 is 14.2 Å². The van der Waals surface area contributed by atoms with Crippen LogP contribution in [0.25, 0.3) is 11.5 Å². The van der Waals surface area contributed by atoms with Crippen molar-refractivity contribution in [1.29, 1.82) is 0 Å². The highest BCUT2D eigenvalue weighted by molar-refractivity contribution is 7.10. The maximum absolute atomic E-state index is 5.92. The molecule has 0 spiro atoms. The van der Waals surface area contributed by atoms with Gasteiger partial charge in [0.05, 0.1) is 13.2 Å². The second-order valence-corrected chi connectivity index (χ2v) is 7.32. The van der Waals surface area contributed by atoms with Crippen LogP contribution in [0.15, 0.2) is 40.4 Å². The van der Waals surface area contributed by atoms with Gasteiger partial charge in [0.2, 0.25) is 0 Å². The molecule has 0 aliphatic carbocycles. The molecule has 1 unspecified atom stereocenters. The van der Waals surface area contributed by atoms with Gasteiger partial charge in [-0.1, -0.05) is 25.1 Å². The molecule has 25 heavy (non-hydrogen) atoms. The van der Waals surface area contributed by atoms with E-state index in [1.807, 2.05) is 26.0 Å². The maximum atomic E-state index is 5.92. The van der Waals surface area contributed by atoms with Crippen molar-refractivity contribution in [3.8, 4) is 11.5 Å². The monoisotopic (exact) mass is 356 g/mol. The Hall–Kier alpha value is -2.25. The molecule has 0 N–H and O–H groups in total. The van der Waals surface area contributed by atoms with Crippen LogP contribution >= 0.6 is 11.3 Å². The zero-order valence-electron chi connectivity index (χ0n) is 14.3. The smallest absolute Gasteiger partial charge is 0.258 e. The first-order valence-corrected chi connectivity index (χ1v) is 9.28. The van der Waals surface area contributed by atoms with Crippen molar-refractivity contribution in [2.45, 2.75) is 25.9 Å². The molecule has 1 aliphatic heterocycles. The van der Waals surface area contributed by atoms with Gasteiger partial charge in [0.25, 0.3) is 5.89 Å². The van der Waals surface area contributed by atoms with E-state index in [1.54, 1.807) is 17.5 Å². The molecule has 6 nitrogen and oxygen atoms in total. The van der Waals surface area contributed by atoms with Crippen LogP contribution in [-0.2, 0) is 4.74 Å². The minimum absolute atomic E-state index is 0.0927. The molecule has 1 aliphatic rings. The molecule has 0 aromatic carbocycles. The van der Waals surface area contributed by atoms with Gasteiger partial charge in [0, 0.05) is 29.1 Å². The molecule has 1 atom stereocenters. The molecular weight excluding hydrogens is 336 g/mol. The van der Waals surface area contributed by atoms with E-state index in [2.05, 4.69) is 37.5 Å². The molecule has 0 radical (unpaired) electrons. The summed E-state index contributed by atoms with van der Waals surface area (Å²) in [7, 11) is 0. The van der Waals surface area contributed by atoms with Gasteiger partial charge in [0.15, 0.2) is 5.82 Å². The summed E-state index contributed by atoms with van der Waals surface area (Å²) >= 11 is 1.73. The average Bonchev–Trinajstić information content (AvgIpc) is 3.34. The summed E-state index contributed by atoms with van der Waals surface area (Å²) in [5, 5.41) is 6.12.